The number of carbonyl (C=O) groups excluding carboxylic acids is 1. The van der Waals surface area contributed by atoms with Gasteiger partial charge in [0.25, 0.3) is 0 Å². The lowest BCUT2D eigenvalue weighted by Crippen LogP contribution is -2.53. The molecule has 2 aliphatic heterocycles. The number of hydrogen-bond acceptors (Lipinski definition) is 6. The first kappa shape index (κ1) is 21.6. The molecule has 7 nitrogen and oxygen atoms in total. The van der Waals surface area contributed by atoms with Gasteiger partial charge in [-0.05, 0) is 37.1 Å². The highest BCUT2D eigenvalue weighted by Crippen LogP contribution is 2.26. The number of hydrazine groups is 1. The molecule has 2 aromatic rings. The van der Waals surface area contributed by atoms with E-state index < -0.39 is 0 Å². The molecule has 2 heterocycles. The molecule has 2 fully saturated rings. The molecule has 2 N–H and O–H groups in total. The zero-order valence-electron chi connectivity index (χ0n) is 18.6. The van der Waals surface area contributed by atoms with Crippen LogP contribution in [0.25, 0.3) is 0 Å². The summed E-state index contributed by atoms with van der Waals surface area (Å²) in [6.07, 6.45) is 0.767. The molecular formula is C24H32N4O3. The third kappa shape index (κ3) is 5.01. The molecule has 0 bridgehead atoms. The molecule has 4 rings (SSSR count). The number of amides is 1. The van der Waals surface area contributed by atoms with Crippen LogP contribution in [0.4, 0.5) is 0 Å². The first-order chi connectivity index (χ1) is 15.1. The zero-order valence-corrected chi connectivity index (χ0v) is 18.6. The molecule has 166 valence electrons. The Balaban J connectivity index is 1.30. The summed E-state index contributed by atoms with van der Waals surface area (Å²) in [4.78, 5) is 17.4. The normalized spacial score (nSPS) is 21.8. The number of aryl methyl sites for hydroxylation is 1. The SMILES string of the molecule is COc1ccc(OC)c(CN2CCN(C(=O)C3CC(c4ccc(C)cc4)NN3)CC2)c1. The van der Waals surface area contributed by atoms with E-state index in [1.807, 2.05) is 23.1 Å². The van der Waals surface area contributed by atoms with E-state index in [4.69, 9.17) is 9.47 Å². The van der Waals surface area contributed by atoms with Gasteiger partial charge in [0, 0.05) is 44.3 Å². The largest absolute Gasteiger partial charge is 0.497 e. The Morgan fingerprint density at radius 3 is 2.42 bits per heavy atom. The number of carbonyl (C=O) groups is 1. The first-order valence-electron chi connectivity index (χ1n) is 10.9. The summed E-state index contributed by atoms with van der Waals surface area (Å²) >= 11 is 0. The Morgan fingerprint density at radius 1 is 1.00 bits per heavy atom. The molecule has 0 spiro atoms. The molecule has 2 aromatic carbocycles. The Bertz CT molecular complexity index is 894. The van der Waals surface area contributed by atoms with Gasteiger partial charge in [0.15, 0.2) is 0 Å². The highest BCUT2D eigenvalue weighted by atomic mass is 16.5. The van der Waals surface area contributed by atoms with Gasteiger partial charge in [-0.25, -0.2) is 10.9 Å². The van der Waals surface area contributed by atoms with E-state index in [-0.39, 0.29) is 18.0 Å². The van der Waals surface area contributed by atoms with Gasteiger partial charge in [-0.3, -0.25) is 9.69 Å². The van der Waals surface area contributed by atoms with Gasteiger partial charge < -0.3 is 14.4 Å². The second-order valence-corrected chi connectivity index (χ2v) is 8.32. The number of ether oxygens (including phenoxy) is 2. The Morgan fingerprint density at radius 2 is 1.74 bits per heavy atom. The van der Waals surface area contributed by atoms with Crippen LogP contribution in [0.3, 0.4) is 0 Å². The van der Waals surface area contributed by atoms with Gasteiger partial charge >= 0.3 is 0 Å². The lowest BCUT2D eigenvalue weighted by Gasteiger charge is -2.36. The smallest absolute Gasteiger partial charge is 0.241 e. The van der Waals surface area contributed by atoms with Crippen LogP contribution in [0.1, 0.15) is 29.2 Å². The molecule has 7 heteroatoms. The van der Waals surface area contributed by atoms with Crippen LogP contribution < -0.4 is 20.3 Å². The molecule has 2 unspecified atom stereocenters. The zero-order chi connectivity index (χ0) is 21.8. The van der Waals surface area contributed by atoms with E-state index >= 15 is 0 Å². The van der Waals surface area contributed by atoms with Crippen LogP contribution in [-0.2, 0) is 11.3 Å². The topological polar surface area (TPSA) is 66.1 Å². The number of methoxy groups -OCH3 is 2. The Hall–Kier alpha value is -2.61. The van der Waals surface area contributed by atoms with Crippen LogP contribution in [-0.4, -0.2) is 62.1 Å². The number of rotatable bonds is 6. The van der Waals surface area contributed by atoms with Crippen molar-refractivity contribution in [1.29, 1.82) is 0 Å². The number of nitrogens with one attached hydrogen (secondary N) is 2. The van der Waals surface area contributed by atoms with Crippen molar-refractivity contribution in [2.24, 2.45) is 0 Å². The molecule has 31 heavy (non-hydrogen) atoms. The quantitative estimate of drug-likeness (QED) is 0.742. The van der Waals surface area contributed by atoms with Gasteiger partial charge in [0.2, 0.25) is 5.91 Å². The van der Waals surface area contributed by atoms with Crippen LogP contribution in [0.5, 0.6) is 11.5 Å². The summed E-state index contributed by atoms with van der Waals surface area (Å²) in [5, 5.41) is 0. The highest BCUT2D eigenvalue weighted by molar-refractivity contribution is 5.82. The van der Waals surface area contributed by atoms with Crippen molar-refractivity contribution in [2.75, 3.05) is 40.4 Å². The van der Waals surface area contributed by atoms with E-state index in [0.29, 0.717) is 0 Å². The van der Waals surface area contributed by atoms with Crippen LogP contribution in [0.2, 0.25) is 0 Å². The van der Waals surface area contributed by atoms with Crippen molar-refractivity contribution in [2.45, 2.75) is 32.0 Å². The van der Waals surface area contributed by atoms with E-state index in [2.05, 4.69) is 46.9 Å². The molecule has 0 aromatic heterocycles. The summed E-state index contributed by atoms with van der Waals surface area (Å²) in [6, 6.07) is 14.3. The highest BCUT2D eigenvalue weighted by Gasteiger charge is 2.34. The summed E-state index contributed by atoms with van der Waals surface area (Å²) in [5.41, 5.74) is 10.1. The van der Waals surface area contributed by atoms with Crippen LogP contribution >= 0.6 is 0 Å². The molecule has 0 saturated carbocycles. The third-order valence-corrected chi connectivity index (χ3v) is 6.25. The van der Waals surface area contributed by atoms with Gasteiger partial charge in [0.05, 0.1) is 14.2 Å². The minimum atomic E-state index is -0.184. The maximum Gasteiger partial charge on any atom is 0.241 e. The van der Waals surface area contributed by atoms with E-state index in [0.717, 1.165) is 56.2 Å². The standard InChI is InChI=1S/C24H32N4O3/c1-17-4-6-18(7-5-17)21-15-22(26-25-21)24(29)28-12-10-27(11-13-28)16-19-14-20(30-2)8-9-23(19)31-3/h4-9,14,21-22,25-26H,10-13,15-16H2,1-3H3. The van der Waals surface area contributed by atoms with Crippen molar-refractivity contribution in [3.05, 3.63) is 59.2 Å². The molecule has 0 aliphatic carbocycles. The maximum atomic E-state index is 13.0. The summed E-state index contributed by atoms with van der Waals surface area (Å²) in [6.45, 7) is 6.01. The minimum Gasteiger partial charge on any atom is -0.497 e. The number of nitrogens with zero attached hydrogens (tertiary/aromatic N) is 2. The second-order valence-electron chi connectivity index (χ2n) is 8.32. The molecule has 2 atom stereocenters. The number of benzene rings is 2. The third-order valence-electron chi connectivity index (χ3n) is 6.25. The number of hydrogen-bond donors (Lipinski definition) is 2. The lowest BCUT2D eigenvalue weighted by molar-refractivity contribution is -0.135. The van der Waals surface area contributed by atoms with Crippen molar-refractivity contribution in [1.82, 2.24) is 20.7 Å². The van der Waals surface area contributed by atoms with E-state index in [1.165, 1.54) is 11.1 Å². The first-order valence-corrected chi connectivity index (χ1v) is 10.9. The van der Waals surface area contributed by atoms with Crippen LogP contribution in [0.15, 0.2) is 42.5 Å². The monoisotopic (exact) mass is 424 g/mol. The molecule has 2 saturated heterocycles. The molecular weight excluding hydrogens is 392 g/mol. The van der Waals surface area contributed by atoms with E-state index in [9.17, 15) is 4.79 Å². The van der Waals surface area contributed by atoms with Gasteiger partial charge in [-0.15, -0.1) is 0 Å². The van der Waals surface area contributed by atoms with Gasteiger partial charge in [0.1, 0.15) is 17.5 Å². The molecule has 2 aliphatic rings. The van der Waals surface area contributed by atoms with Crippen molar-refractivity contribution in [3.63, 3.8) is 0 Å². The van der Waals surface area contributed by atoms with Gasteiger partial charge in [-0.2, -0.15) is 0 Å². The average Bonchev–Trinajstić information content (AvgIpc) is 3.30. The predicted molar refractivity (Wildman–Crippen MR) is 120 cm³/mol. The minimum absolute atomic E-state index is 0.163. The summed E-state index contributed by atoms with van der Waals surface area (Å²) in [7, 11) is 3.36. The van der Waals surface area contributed by atoms with Crippen molar-refractivity contribution >= 4 is 5.91 Å². The van der Waals surface area contributed by atoms with Crippen molar-refractivity contribution in [3.8, 4) is 11.5 Å². The summed E-state index contributed by atoms with van der Waals surface area (Å²) < 4.78 is 10.9. The average molecular weight is 425 g/mol. The van der Waals surface area contributed by atoms with Crippen LogP contribution in [0, 0.1) is 6.92 Å². The van der Waals surface area contributed by atoms with Crippen molar-refractivity contribution < 1.29 is 14.3 Å². The van der Waals surface area contributed by atoms with Gasteiger partial charge in [-0.1, -0.05) is 29.8 Å². The Labute approximate surface area is 184 Å². The Kier molecular flexibility index (Phi) is 6.75. The fourth-order valence-corrected chi connectivity index (χ4v) is 4.33. The molecule has 1 amide bonds. The second kappa shape index (κ2) is 9.68. The molecule has 0 radical (unpaired) electrons. The fraction of sp³-hybridized carbons (Fsp3) is 0.458. The maximum absolute atomic E-state index is 13.0. The number of piperazine rings is 1. The fourth-order valence-electron chi connectivity index (χ4n) is 4.33. The predicted octanol–water partition coefficient (Wildman–Crippen LogP) is 2.26. The summed E-state index contributed by atoms with van der Waals surface area (Å²) in [5.74, 6) is 1.87. The lowest BCUT2D eigenvalue weighted by atomic mass is 10.0. The van der Waals surface area contributed by atoms with E-state index in [1.54, 1.807) is 14.2 Å².